The summed E-state index contributed by atoms with van der Waals surface area (Å²) in [5.74, 6) is -0.0965. The van der Waals surface area contributed by atoms with E-state index in [-0.39, 0.29) is 23.1 Å². The number of alkyl halides is 3. The van der Waals surface area contributed by atoms with Crippen LogP contribution in [0.5, 0.6) is 5.75 Å². The lowest BCUT2D eigenvalue weighted by Crippen LogP contribution is -2.42. The third-order valence-corrected chi connectivity index (χ3v) is 7.49. The maximum Gasteiger partial charge on any atom is 0.416 e. The quantitative estimate of drug-likeness (QED) is 0.370. The van der Waals surface area contributed by atoms with Gasteiger partial charge in [-0.25, -0.2) is 8.42 Å². The van der Waals surface area contributed by atoms with E-state index in [0.29, 0.717) is 16.1 Å². The SMILES string of the molecule is Cc1cccc(OCCNC(=O)CN(c2cc(C(F)(F)F)ccc2Cl)S(=O)(=O)c2ccccc2)c1C. The molecule has 0 atom stereocenters. The van der Waals surface area contributed by atoms with Gasteiger partial charge < -0.3 is 10.1 Å². The molecule has 0 unspecified atom stereocenters. The summed E-state index contributed by atoms with van der Waals surface area (Å²) in [7, 11) is -4.43. The average molecular weight is 541 g/mol. The van der Waals surface area contributed by atoms with Crippen LogP contribution in [-0.2, 0) is 21.0 Å². The second kappa shape index (κ2) is 11.2. The van der Waals surface area contributed by atoms with Gasteiger partial charge in [-0.1, -0.05) is 41.9 Å². The van der Waals surface area contributed by atoms with Crippen LogP contribution in [0.15, 0.2) is 71.6 Å². The molecule has 3 aromatic rings. The summed E-state index contributed by atoms with van der Waals surface area (Å²) in [4.78, 5) is 12.5. The van der Waals surface area contributed by atoms with E-state index >= 15 is 0 Å². The number of hydrogen-bond donors (Lipinski definition) is 1. The number of amides is 1. The van der Waals surface area contributed by atoms with Gasteiger partial charge in [-0.3, -0.25) is 9.10 Å². The number of carbonyl (C=O) groups is 1. The fourth-order valence-electron chi connectivity index (χ4n) is 3.32. The zero-order valence-electron chi connectivity index (χ0n) is 19.5. The van der Waals surface area contributed by atoms with Crippen molar-refractivity contribution in [2.75, 3.05) is 24.0 Å². The summed E-state index contributed by atoms with van der Waals surface area (Å²) in [6.07, 6.45) is -4.74. The number of rotatable bonds is 9. The van der Waals surface area contributed by atoms with E-state index < -0.39 is 39.9 Å². The molecule has 192 valence electrons. The lowest BCUT2D eigenvalue weighted by atomic mass is 10.1. The molecule has 0 fully saturated rings. The molecule has 0 aliphatic rings. The monoisotopic (exact) mass is 540 g/mol. The van der Waals surface area contributed by atoms with Gasteiger partial charge in [0.05, 0.1) is 27.7 Å². The molecule has 0 bridgehead atoms. The average Bonchev–Trinajstić information content (AvgIpc) is 2.83. The van der Waals surface area contributed by atoms with Crippen LogP contribution in [0, 0.1) is 13.8 Å². The molecular weight excluding hydrogens is 517 g/mol. The number of benzene rings is 3. The van der Waals surface area contributed by atoms with E-state index in [1.54, 1.807) is 12.1 Å². The van der Waals surface area contributed by atoms with Gasteiger partial charge in [-0.15, -0.1) is 0 Å². The van der Waals surface area contributed by atoms with Crippen molar-refractivity contribution < 1.29 is 31.1 Å². The van der Waals surface area contributed by atoms with E-state index in [1.807, 2.05) is 26.0 Å². The molecule has 0 heterocycles. The predicted molar refractivity (Wildman–Crippen MR) is 132 cm³/mol. The normalized spacial score (nSPS) is 11.7. The number of hydrogen-bond acceptors (Lipinski definition) is 4. The molecule has 36 heavy (non-hydrogen) atoms. The second-order valence-corrected chi connectivity index (χ2v) is 10.2. The number of sulfonamides is 1. The molecule has 3 aromatic carbocycles. The number of halogens is 4. The van der Waals surface area contributed by atoms with E-state index in [1.165, 1.54) is 24.3 Å². The van der Waals surface area contributed by atoms with Gasteiger partial charge in [0, 0.05) is 0 Å². The molecule has 11 heteroatoms. The lowest BCUT2D eigenvalue weighted by molar-refractivity contribution is -0.137. The van der Waals surface area contributed by atoms with E-state index in [2.05, 4.69) is 5.32 Å². The molecule has 0 saturated heterocycles. The first-order valence-corrected chi connectivity index (χ1v) is 12.6. The minimum absolute atomic E-state index is 0.0434. The van der Waals surface area contributed by atoms with Crippen LogP contribution in [-0.4, -0.2) is 34.0 Å². The van der Waals surface area contributed by atoms with Gasteiger partial charge >= 0.3 is 6.18 Å². The Morgan fingerprint density at radius 3 is 2.39 bits per heavy atom. The maximum atomic E-state index is 13.3. The second-order valence-electron chi connectivity index (χ2n) is 7.89. The van der Waals surface area contributed by atoms with Gasteiger partial charge in [0.2, 0.25) is 5.91 Å². The van der Waals surface area contributed by atoms with Gasteiger partial charge in [-0.2, -0.15) is 13.2 Å². The molecule has 1 amide bonds. The summed E-state index contributed by atoms with van der Waals surface area (Å²) in [5, 5.41) is 2.28. The number of carbonyl (C=O) groups excluding carboxylic acids is 1. The largest absolute Gasteiger partial charge is 0.491 e. The first kappa shape index (κ1) is 27.3. The fourth-order valence-corrected chi connectivity index (χ4v) is 5.04. The number of aryl methyl sites for hydroxylation is 1. The molecule has 0 aliphatic heterocycles. The molecule has 0 radical (unpaired) electrons. The molecule has 1 N–H and O–H groups in total. The van der Waals surface area contributed by atoms with Gasteiger partial charge in [0.15, 0.2) is 0 Å². The van der Waals surface area contributed by atoms with Gasteiger partial charge in [0.1, 0.15) is 18.9 Å². The van der Waals surface area contributed by atoms with Crippen LogP contribution in [0.2, 0.25) is 5.02 Å². The highest BCUT2D eigenvalue weighted by atomic mass is 35.5. The molecule has 0 saturated carbocycles. The minimum Gasteiger partial charge on any atom is -0.491 e. The van der Waals surface area contributed by atoms with Crippen LogP contribution in [0.25, 0.3) is 0 Å². The first-order chi connectivity index (χ1) is 16.9. The highest BCUT2D eigenvalue weighted by molar-refractivity contribution is 7.92. The number of ether oxygens (including phenoxy) is 1. The van der Waals surface area contributed by atoms with Crippen LogP contribution >= 0.6 is 11.6 Å². The van der Waals surface area contributed by atoms with Crippen molar-refractivity contribution in [2.45, 2.75) is 24.9 Å². The molecule has 0 spiro atoms. The topological polar surface area (TPSA) is 75.7 Å². The summed E-state index contributed by atoms with van der Waals surface area (Å²) < 4.78 is 73.0. The Morgan fingerprint density at radius 1 is 1.03 bits per heavy atom. The third kappa shape index (κ3) is 6.50. The number of nitrogens with zero attached hydrogens (tertiary/aromatic N) is 1. The van der Waals surface area contributed by atoms with Crippen molar-refractivity contribution in [1.29, 1.82) is 0 Å². The third-order valence-electron chi connectivity index (χ3n) is 5.40. The Labute approximate surface area is 212 Å². The van der Waals surface area contributed by atoms with Gasteiger partial charge in [-0.05, 0) is 61.4 Å². The first-order valence-electron chi connectivity index (χ1n) is 10.8. The molecular formula is C25H24ClF3N2O4S. The predicted octanol–water partition coefficient (Wildman–Crippen LogP) is 5.37. The lowest BCUT2D eigenvalue weighted by Gasteiger charge is -2.26. The maximum absolute atomic E-state index is 13.3. The van der Waals surface area contributed by atoms with Crippen LogP contribution < -0.4 is 14.4 Å². The zero-order chi connectivity index (χ0) is 26.5. The van der Waals surface area contributed by atoms with Crippen molar-refractivity contribution in [3.8, 4) is 5.75 Å². The molecule has 6 nitrogen and oxygen atoms in total. The van der Waals surface area contributed by atoms with Crippen LogP contribution in [0.1, 0.15) is 16.7 Å². The minimum atomic E-state index is -4.74. The standard InChI is InChI=1S/C25H24ClF3N2O4S/c1-17-7-6-10-23(18(17)2)35-14-13-30-24(32)16-31(36(33,34)20-8-4-3-5-9-20)22-15-19(25(27,28)29)11-12-21(22)26/h3-12,15H,13-14,16H2,1-2H3,(H,30,32). The van der Waals surface area contributed by atoms with Crippen LogP contribution in [0.4, 0.5) is 18.9 Å². The van der Waals surface area contributed by atoms with Crippen molar-refractivity contribution in [3.63, 3.8) is 0 Å². The fraction of sp³-hybridized carbons (Fsp3) is 0.240. The van der Waals surface area contributed by atoms with Crippen LogP contribution in [0.3, 0.4) is 0 Å². The Hall–Kier alpha value is -3.24. The number of nitrogens with one attached hydrogen (secondary N) is 1. The summed E-state index contributed by atoms with van der Waals surface area (Å²) in [6, 6.07) is 14.9. The molecule has 0 aromatic heterocycles. The molecule has 3 rings (SSSR count). The summed E-state index contributed by atoms with van der Waals surface area (Å²) >= 11 is 6.12. The Balaban J connectivity index is 1.82. The highest BCUT2D eigenvalue weighted by Crippen LogP contribution is 2.37. The summed E-state index contributed by atoms with van der Waals surface area (Å²) in [6.45, 7) is 3.19. The van der Waals surface area contributed by atoms with E-state index in [0.717, 1.165) is 23.3 Å². The van der Waals surface area contributed by atoms with E-state index in [9.17, 15) is 26.4 Å². The molecule has 0 aliphatic carbocycles. The summed E-state index contributed by atoms with van der Waals surface area (Å²) in [5.41, 5.74) is 0.425. The highest BCUT2D eigenvalue weighted by Gasteiger charge is 2.34. The van der Waals surface area contributed by atoms with Gasteiger partial charge in [0.25, 0.3) is 10.0 Å². The van der Waals surface area contributed by atoms with Crippen molar-refractivity contribution in [2.24, 2.45) is 0 Å². The van der Waals surface area contributed by atoms with Crippen molar-refractivity contribution in [1.82, 2.24) is 5.32 Å². The zero-order valence-corrected chi connectivity index (χ0v) is 21.0. The Morgan fingerprint density at radius 2 is 1.72 bits per heavy atom. The Bertz CT molecular complexity index is 1330. The van der Waals surface area contributed by atoms with E-state index in [4.69, 9.17) is 16.3 Å². The van der Waals surface area contributed by atoms with Crippen molar-refractivity contribution in [3.05, 3.63) is 88.4 Å². The number of anilines is 1. The van der Waals surface area contributed by atoms with Crippen molar-refractivity contribution >= 4 is 33.2 Å². The smallest absolute Gasteiger partial charge is 0.416 e. The Kier molecular flexibility index (Phi) is 8.52.